The van der Waals surface area contributed by atoms with E-state index < -0.39 is 36.2 Å². The van der Waals surface area contributed by atoms with E-state index in [0.29, 0.717) is 18.6 Å². The van der Waals surface area contributed by atoms with Gasteiger partial charge in [0.15, 0.2) is 6.10 Å². The third kappa shape index (κ3) is 5.20. The number of ether oxygens (including phenoxy) is 2. The Morgan fingerprint density at radius 1 is 1.12 bits per heavy atom. The van der Waals surface area contributed by atoms with Crippen LogP contribution >= 0.6 is 11.8 Å². The number of hydrogen-bond donors (Lipinski definition) is 3. The molecule has 2 aliphatic rings. The Labute approximate surface area is 202 Å². The molecule has 0 spiro atoms. The van der Waals surface area contributed by atoms with Crippen molar-refractivity contribution < 1.29 is 29.0 Å². The second kappa shape index (κ2) is 10.9. The minimum atomic E-state index is -1.10. The van der Waals surface area contributed by atoms with Crippen molar-refractivity contribution in [3.8, 4) is 11.1 Å². The van der Waals surface area contributed by atoms with Crippen LogP contribution in [0.4, 0.5) is 4.79 Å². The number of carboxylic acid groups (broad SMARTS) is 1. The van der Waals surface area contributed by atoms with Crippen LogP contribution in [-0.4, -0.2) is 66.5 Å². The Hall–Kier alpha value is -3.04. The summed E-state index contributed by atoms with van der Waals surface area (Å²) in [6, 6.07) is 14.6. The highest BCUT2D eigenvalue weighted by Crippen LogP contribution is 2.44. The molecule has 1 aliphatic heterocycles. The first-order valence-electron chi connectivity index (χ1n) is 11.2. The van der Waals surface area contributed by atoms with Crippen LogP contribution in [0.2, 0.25) is 0 Å². The van der Waals surface area contributed by atoms with E-state index in [4.69, 9.17) is 9.47 Å². The lowest BCUT2D eigenvalue weighted by molar-refractivity contribution is -0.143. The summed E-state index contributed by atoms with van der Waals surface area (Å²) in [5.41, 5.74) is 4.51. The zero-order valence-electron chi connectivity index (χ0n) is 18.9. The summed E-state index contributed by atoms with van der Waals surface area (Å²) in [5.74, 6) is -1.11. The van der Waals surface area contributed by atoms with Crippen LogP contribution in [-0.2, 0) is 19.1 Å². The molecule has 1 fully saturated rings. The first-order chi connectivity index (χ1) is 16.5. The van der Waals surface area contributed by atoms with Gasteiger partial charge >= 0.3 is 12.1 Å². The second-order valence-corrected chi connectivity index (χ2v) is 9.32. The topological polar surface area (TPSA) is 114 Å². The Balaban J connectivity index is 1.35. The van der Waals surface area contributed by atoms with Gasteiger partial charge in [-0.1, -0.05) is 48.5 Å². The minimum absolute atomic E-state index is 0.0650. The molecule has 3 atom stereocenters. The van der Waals surface area contributed by atoms with E-state index in [9.17, 15) is 19.5 Å². The number of benzene rings is 2. The largest absolute Gasteiger partial charge is 0.480 e. The van der Waals surface area contributed by atoms with Crippen LogP contribution in [0.1, 0.15) is 29.9 Å². The molecule has 0 unspecified atom stereocenters. The highest BCUT2D eigenvalue weighted by molar-refractivity contribution is 7.98. The fourth-order valence-electron chi connectivity index (χ4n) is 4.53. The van der Waals surface area contributed by atoms with Crippen LogP contribution in [0.5, 0.6) is 0 Å². The summed E-state index contributed by atoms with van der Waals surface area (Å²) in [7, 11) is 0. The van der Waals surface area contributed by atoms with Gasteiger partial charge in [-0.05, 0) is 47.1 Å². The predicted molar refractivity (Wildman–Crippen MR) is 129 cm³/mol. The minimum Gasteiger partial charge on any atom is -0.480 e. The molecular formula is C25H28N2O6S. The maximum Gasteiger partial charge on any atom is 0.407 e. The Bertz CT molecular complexity index is 1020. The van der Waals surface area contributed by atoms with E-state index >= 15 is 0 Å². The molecule has 2 aromatic rings. The van der Waals surface area contributed by atoms with Crippen LogP contribution in [0.3, 0.4) is 0 Å². The van der Waals surface area contributed by atoms with Gasteiger partial charge in [0.2, 0.25) is 0 Å². The molecule has 3 N–H and O–H groups in total. The average Bonchev–Trinajstić information content (AvgIpc) is 3.42. The summed E-state index contributed by atoms with van der Waals surface area (Å²) in [4.78, 5) is 36.7. The maximum absolute atomic E-state index is 12.7. The average molecular weight is 485 g/mol. The molecule has 1 aliphatic carbocycles. The SMILES string of the molecule is CSCC[C@@H](NC(=O)[C@@H]1OCC[C@@H]1NC(=O)OCC1c2ccccc2-c2ccccc21)C(=O)O. The fraction of sp³-hybridized carbons (Fsp3) is 0.400. The lowest BCUT2D eigenvalue weighted by Crippen LogP contribution is -2.52. The molecule has 1 saturated heterocycles. The van der Waals surface area contributed by atoms with Crippen molar-refractivity contribution in [2.24, 2.45) is 0 Å². The molecule has 4 rings (SSSR count). The monoisotopic (exact) mass is 484 g/mol. The Morgan fingerprint density at radius 3 is 2.38 bits per heavy atom. The molecule has 0 bridgehead atoms. The van der Waals surface area contributed by atoms with Gasteiger partial charge in [-0.25, -0.2) is 9.59 Å². The van der Waals surface area contributed by atoms with Gasteiger partial charge in [0, 0.05) is 12.5 Å². The van der Waals surface area contributed by atoms with Crippen LogP contribution in [0.15, 0.2) is 48.5 Å². The van der Waals surface area contributed by atoms with Gasteiger partial charge in [-0.2, -0.15) is 11.8 Å². The molecule has 8 nitrogen and oxygen atoms in total. The molecule has 9 heteroatoms. The first-order valence-corrected chi connectivity index (χ1v) is 12.6. The molecule has 180 valence electrons. The lowest BCUT2D eigenvalue weighted by atomic mass is 9.98. The molecule has 34 heavy (non-hydrogen) atoms. The van der Waals surface area contributed by atoms with Gasteiger partial charge in [-0.15, -0.1) is 0 Å². The number of alkyl carbamates (subject to hydrolysis) is 1. The summed E-state index contributed by atoms with van der Waals surface area (Å²) in [6.07, 6.45) is 1.02. The number of rotatable bonds is 9. The number of fused-ring (bicyclic) bond motifs is 3. The molecule has 2 amide bonds. The number of amides is 2. The third-order valence-corrected chi connectivity index (χ3v) is 6.87. The van der Waals surface area contributed by atoms with Gasteiger partial charge < -0.3 is 25.2 Å². The van der Waals surface area contributed by atoms with Crippen molar-refractivity contribution >= 4 is 29.7 Å². The van der Waals surface area contributed by atoms with Crippen molar-refractivity contribution in [2.75, 3.05) is 25.2 Å². The van der Waals surface area contributed by atoms with Crippen LogP contribution < -0.4 is 10.6 Å². The van der Waals surface area contributed by atoms with E-state index in [-0.39, 0.29) is 19.1 Å². The molecule has 0 radical (unpaired) electrons. The fourth-order valence-corrected chi connectivity index (χ4v) is 5.01. The van der Waals surface area contributed by atoms with Gasteiger partial charge in [0.1, 0.15) is 12.6 Å². The Morgan fingerprint density at radius 2 is 1.76 bits per heavy atom. The highest BCUT2D eigenvalue weighted by Gasteiger charge is 2.37. The standard InChI is InChI=1S/C25H28N2O6S/c1-34-13-11-21(24(29)30)26-23(28)22-20(10-12-32-22)27-25(31)33-14-19-17-8-4-2-6-15(17)16-7-3-5-9-18(16)19/h2-9,19-22H,10-14H2,1H3,(H,26,28)(H,27,31)(H,29,30)/t20-,21+,22+/m0/s1. The van der Waals surface area contributed by atoms with Crippen LogP contribution in [0, 0.1) is 0 Å². The highest BCUT2D eigenvalue weighted by atomic mass is 32.2. The smallest absolute Gasteiger partial charge is 0.407 e. The number of carbonyl (C=O) groups is 3. The zero-order chi connectivity index (χ0) is 24.1. The number of carbonyl (C=O) groups excluding carboxylic acids is 2. The third-order valence-electron chi connectivity index (χ3n) is 6.22. The summed E-state index contributed by atoms with van der Waals surface area (Å²) in [6.45, 7) is 0.453. The van der Waals surface area contributed by atoms with E-state index in [1.807, 2.05) is 42.7 Å². The van der Waals surface area contributed by atoms with E-state index in [1.54, 1.807) is 0 Å². The lowest BCUT2D eigenvalue weighted by Gasteiger charge is -2.22. The van der Waals surface area contributed by atoms with E-state index in [2.05, 4.69) is 22.8 Å². The van der Waals surface area contributed by atoms with Gasteiger partial charge in [0.25, 0.3) is 5.91 Å². The maximum atomic E-state index is 12.7. The number of hydrogen-bond acceptors (Lipinski definition) is 6. The van der Waals surface area contributed by atoms with Crippen molar-refractivity contribution in [1.29, 1.82) is 0 Å². The number of nitrogens with one attached hydrogen (secondary N) is 2. The number of thioether (sulfide) groups is 1. The van der Waals surface area contributed by atoms with Gasteiger partial charge in [-0.3, -0.25) is 4.79 Å². The van der Waals surface area contributed by atoms with Crippen LogP contribution in [0.25, 0.3) is 11.1 Å². The van der Waals surface area contributed by atoms with Crippen molar-refractivity contribution in [2.45, 2.75) is 36.9 Å². The zero-order valence-corrected chi connectivity index (χ0v) is 19.7. The molecule has 0 saturated carbocycles. The van der Waals surface area contributed by atoms with Crippen molar-refractivity contribution in [1.82, 2.24) is 10.6 Å². The quantitative estimate of drug-likeness (QED) is 0.501. The summed E-state index contributed by atoms with van der Waals surface area (Å²) >= 11 is 1.50. The Kier molecular flexibility index (Phi) is 7.74. The summed E-state index contributed by atoms with van der Waals surface area (Å²) < 4.78 is 11.1. The number of carboxylic acids is 1. The normalized spacial score (nSPS) is 19.7. The van der Waals surface area contributed by atoms with Crippen molar-refractivity contribution in [3.05, 3.63) is 59.7 Å². The molecule has 0 aromatic heterocycles. The van der Waals surface area contributed by atoms with Crippen molar-refractivity contribution in [3.63, 3.8) is 0 Å². The molecule has 2 aromatic carbocycles. The van der Waals surface area contributed by atoms with Gasteiger partial charge in [0.05, 0.1) is 6.04 Å². The molecule has 1 heterocycles. The van der Waals surface area contributed by atoms with E-state index in [0.717, 1.165) is 22.3 Å². The first kappa shape index (κ1) is 24.1. The predicted octanol–water partition coefficient (Wildman–Crippen LogP) is 3.01. The second-order valence-electron chi connectivity index (χ2n) is 8.34. The summed E-state index contributed by atoms with van der Waals surface area (Å²) in [5, 5.41) is 14.6. The van der Waals surface area contributed by atoms with E-state index in [1.165, 1.54) is 11.8 Å². The molecular weight excluding hydrogens is 456 g/mol. The number of aliphatic carboxylic acids is 1.